The number of para-hydroxylation sites is 1. The summed E-state index contributed by atoms with van der Waals surface area (Å²) in [7, 11) is 0. The van der Waals surface area contributed by atoms with Gasteiger partial charge < -0.3 is 4.90 Å². The van der Waals surface area contributed by atoms with Gasteiger partial charge in [0.15, 0.2) is 0 Å². The predicted octanol–water partition coefficient (Wildman–Crippen LogP) is 3.46. The van der Waals surface area contributed by atoms with Crippen LogP contribution in [-0.4, -0.2) is 5.91 Å². The van der Waals surface area contributed by atoms with Gasteiger partial charge in [-0.25, -0.2) is 0 Å². The highest BCUT2D eigenvalue weighted by Gasteiger charge is 2.29. The van der Waals surface area contributed by atoms with E-state index in [1.165, 1.54) is 5.56 Å². The summed E-state index contributed by atoms with van der Waals surface area (Å²) in [6.07, 6.45) is 0. The summed E-state index contributed by atoms with van der Waals surface area (Å²) >= 11 is 0. The van der Waals surface area contributed by atoms with Gasteiger partial charge in [-0.15, -0.1) is 0 Å². The highest BCUT2D eigenvalue weighted by Crippen LogP contribution is 2.30. The first kappa shape index (κ1) is 11.0. The van der Waals surface area contributed by atoms with Crippen molar-refractivity contribution in [1.82, 2.24) is 0 Å². The Morgan fingerprint density at radius 3 is 2.50 bits per heavy atom. The maximum atomic E-state index is 12.5. The molecule has 2 nitrogen and oxygen atoms in total. The maximum absolute atomic E-state index is 12.5. The van der Waals surface area contributed by atoms with Crippen LogP contribution in [0.2, 0.25) is 0 Å². The van der Waals surface area contributed by atoms with Gasteiger partial charge in [0.05, 0.1) is 6.54 Å². The van der Waals surface area contributed by atoms with Crippen molar-refractivity contribution in [1.29, 1.82) is 0 Å². The zero-order chi connectivity index (χ0) is 12.7. The van der Waals surface area contributed by atoms with Gasteiger partial charge in [-0.3, -0.25) is 4.79 Å². The van der Waals surface area contributed by atoms with Crippen molar-refractivity contribution >= 4 is 11.6 Å². The van der Waals surface area contributed by atoms with E-state index in [-0.39, 0.29) is 5.91 Å². The van der Waals surface area contributed by atoms with Crippen molar-refractivity contribution in [3.8, 4) is 0 Å². The summed E-state index contributed by atoms with van der Waals surface area (Å²) in [6, 6.07) is 14.0. The van der Waals surface area contributed by atoms with Crippen molar-refractivity contribution < 1.29 is 4.79 Å². The highest BCUT2D eigenvalue weighted by molar-refractivity contribution is 6.11. The summed E-state index contributed by atoms with van der Waals surface area (Å²) < 4.78 is 0. The van der Waals surface area contributed by atoms with E-state index in [1.54, 1.807) is 0 Å². The number of amides is 1. The lowest BCUT2D eigenvalue weighted by Crippen LogP contribution is -2.23. The van der Waals surface area contributed by atoms with Crippen LogP contribution < -0.4 is 4.90 Å². The average Bonchev–Trinajstić information content (AvgIpc) is 2.67. The predicted molar refractivity (Wildman–Crippen MR) is 72.9 cm³/mol. The van der Waals surface area contributed by atoms with Gasteiger partial charge in [0.2, 0.25) is 0 Å². The Morgan fingerprint density at radius 2 is 1.78 bits per heavy atom. The summed E-state index contributed by atoms with van der Waals surface area (Å²) in [6.45, 7) is 4.77. The molecule has 0 saturated heterocycles. The molecule has 0 N–H and O–H groups in total. The molecule has 1 heterocycles. The second-order valence-electron chi connectivity index (χ2n) is 4.84. The van der Waals surface area contributed by atoms with Crippen LogP contribution in [-0.2, 0) is 6.54 Å². The van der Waals surface area contributed by atoms with Gasteiger partial charge in [-0.05, 0) is 37.1 Å². The normalized spacial score (nSPS) is 13.9. The molecule has 1 aliphatic rings. The minimum absolute atomic E-state index is 0.119. The van der Waals surface area contributed by atoms with E-state index >= 15 is 0 Å². The summed E-state index contributed by atoms with van der Waals surface area (Å²) in [5.41, 5.74) is 5.28. The fraction of sp³-hybridized carbons (Fsp3) is 0.188. The Balaban J connectivity index is 2.07. The number of nitrogens with zero attached hydrogens (tertiary/aromatic N) is 1. The van der Waals surface area contributed by atoms with E-state index in [0.29, 0.717) is 6.54 Å². The second kappa shape index (κ2) is 3.98. The molecule has 90 valence electrons. The van der Waals surface area contributed by atoms with Gasteiger partial charge in [0.1, 0.15) is 0 Å². The maximum Gasteiger partial charge on any atom is 0.259 e. The average molecular weight is 237 g/mol. The van der Waals surface area contributed by atoms with Gasteiger partial charge in [-0.1, -0.05) is 35.9 Å². The Labute approximate surface area is 107 Å². The minimum Gasteiger partial charge on any atom is -0.304 e. The molecule has 0 bridgehead atoms. The summed E-state index contributed by atoms with van der Waals surface area (Å²) in [5, 5.41) is 0. The standard InChI is InChI=1S/C16H15NO/c1-11-8-12(2)15-13(9-11)10-17(16(15)18)14-6-4-3-5-7-14/h3-9H,10H2,1-2H3. The molecule has 2 heteroatoms. The number of hydrogen-bond donors (Lipinski definition) is 0. The zero-order valence-corrected chi connectivity index (χ0v) is 10.6. The third-order valence-corrected chi connectivity index (χ3v) is 3.42. The van der Waals surface area contributed by atoms with Crippen molar-refractivity contribution in [2.45, 2.75) is 20.4 Å². The lowest BCUT2D eigenvalue weighted by Gasteiger charge is -2.15. The Kier molecular flexibility index (Phi) is 2.44. The van der Waals surface area contributed by atoms with Crippen LogP contribution >= 0.6 is 0 Å². The van der Waals surface area contributed by atoms with E-state index in [1.807, 2.05) is 42.2 Å². The third kappa shape index (κ3) is 1.61. The van der Waals surface area contributed by atoms with E-state index < -0.39 is 0 Å². The van der Waals surface area contributed by atoms with Crippen LogP contribution in [0, 0.1) is 13.8 Å². The number of rotatable bonds is 1. The fourth-order valence-electron chi connectivity index (χ4n) is 2.68. The van der Waals surface area contributed by atoms with Crippen LogP contribution in [0.4, 0.5) is 5.69 Å². The lowest BCUT2D eigenvalue weighted by atomic mass is 10.0. The Bertz CT molecular complexity index is 616. The smallest absolute Gasteiger partial charge is 0.259 e. The molecule has 1 aliphatic heterocycles. The number of carbonyl (C=O) groups is 1. The van der Waals surface area contributed by atoms with Crippen molar-refractivity contribution in [3.63, 3.8) is 0 Å². The monoisotopic (exact) mass is 237 g/mol. The van der Waals surface area contributed by atoms with Crippen LogP contribution in [0.5, 0.6) is 0 Å². The van der Waals surface area contributed by atoms with E-state index in [9.17, 15) is 4.79 Å². The van der Waals surface area contributed by atoms with Crippen molar-refractivity contribution in [2.75, 3.05) is 4.90 Å². The molecule has 1 amide bonds. The molecule has 18 heavy (non-hydrogen) atoms. The van der Waals surface area contributed by atoms with Crippen molar-refractivity contribution in [2.24, 2.45) is 0 Å². The molecule has 0 saturated carbocycles. The lowest BCUT2D eigenvalue weighted by molar-refractivity contribution is 0.0996. The number of carbonyl (C=O) groups excluding carboxylic acids is 1. The molecule has 0 fully saturated rings. The van der Waals surface area contributed by atoms with Gasteiger partial charge >= 0.3 is 0 Å². The van der Waals surface area contributed by atoms with Gasteiger partial charge in [0.25, 0.3) is 5.91 Å². The Hall–Kier alpha value is -2.09. The summed E-state index contributed by atoms with van der Waals surface area (Å²) in [5.74, 6) is 0.119. The molecule has 0 unspecified atom stereocenters. The second-order valence-corrected chi connectivity index (χ2v) is 4.84. The molecule has 2 aromatic rings. The third-order valence-electron chi connectivity index (χ3n) is 3.42. The molecule has 0 spiro atoms. The molecule has 3 rings (SSSR count). The number of hydrogen-bond acceptors (Lipinski definition) is 1. The van der Waals surface area contributed by atoms with Gasteiger partial charge in [0, 0.05) is 11.3 Å². The number of anilines is 1. The fourth-order valence-corrected chi connectivity index (χ4v) is 2.68. The zero-order valence-electron chi connectivity index (χ0n) is 10.6. The molecular weight excluding hydrogens is 222 g/mol. The SMILES string of the molecule is Cc1cc(C)c2c(c1)CN(c1ccccc1)C2=O. The molecule has 2 aromatic carbocycles. The van der Waals surface area contributed by atoms with E-state index in [4.69, 9.17) is 0 Å². The first-order valence-corrected chi connectivity index (χ1v) is 6.14. The van der Waals surface area contributed by atoms with Crippen molar-refractivity contribution in [3.05, 3.63) is 64.7 Å². The molecule has 0 atom stereocenters. The number of aryl methyl sites for hydroxylation is 2. The van der Waals surface area contributed by atoms with E-state index in [0.717, 1.165) is 22.4 Å². The van der Waals surface area contributed by atoms with Gasteiger partial charge in [-0.2, -0.15) is 0 Å². The minimum atomic E-state index is 0.119. The van der Waals surface area contributed by atoms with Crippen LogP contribution in [0.15, 0.2) is 42.5 Å². The van der Waals surface area contributed by atoms with Crippen LogP contribution in [0.1, 0.15) is 27.0 Å². The van der Waals surface area contributed by atoms with E-state index in [2.05, 4.69) is 19.1 Å². The quantitative estimate of drug-likeness (QED) is 0.743. The first-order chi connectivity index (χ1) is 8.66. The summed E-state index contributed by atoms with van der Waals surface area (Å²) in [4.78, 5) is 14.3. The topological polar surface area (TPSA) is 20.3 Å². The number of benzene rings is 2. The largest absolute Gasteiger partial charge is 0.304 e. The molecule has 0 aromatic heterocycles. The molecule has 0 radical (unpaired) electrons. The van der Waals surface area contributed by atoms with Crippen LogP contribution in [0.25, 0.3) is 0 Å². The highest BCUT2D eigenvalue weighted by atomic mass is 16.2. The Morgan fingerprint density at radius 1 is 1.06 bits per heavy atom. The number of fused-ring (bicyclic) bond motifs is 1. The first-order valence-electron chi connectivity index (χ1n) is 6.14. The molecular formula is C16H15NO. The molecule has 0 aliphatic carbocycles. The van der Waals surface area contributed by atoms with Crippen LogP contribution in [0.3, 0.4) is 0 Å².